The Morgan fingerprint density at radius 2 is 1.63 bits per heavy atom. The van der Waals surface area contributed by atoms with Crippen molar-refractivity contribution in [2.24, 2.45) is 0 Å². The molecule has 4 N–H and O–H groups in total. The molecule has 0 radical (unpaired) electrons. The predicted octanol–water partition coefficient (Wildman–Crippen LogP) is 0.253. The molecule has 0 aliphatic rings. The molecule has 0 spiro atoms. The molecule has 0 aromatic heterocycles. The van der Waals surface area contributed by atoms with Crippen molar-refractivity contribution in [3.63, 3.8) is 0 Å². The summed E-state index contributed by atoms with van der Waals surface area (Å²) >= 11 is 0. The Morgan fingerprint density at radius 1 is 1.16 bits per heavy atom. The van der Waals surface area contributed by atoms with Crippen LogP contribution in [0.4, 0.5) is 0 Å². The molecule has 9 heteroatoms. The van der Waals surface area contributed by atoms with Crippen LogP contribution >= 0.6 is 0 Å². The summed E-state index contributed by atoms with van der Waals surface area (Å²) in [5.41, 5.74) is 0. The quantitative estimate of drug-likeness (QED) is 0.368. The van der Waals surface area contributed by atoms with E-state index in [1.807, 2.05) is 0 Å². The molecule has 110 valence electrons. The molecule has 0 rings (SSSR count). The number of rotatable bonds is 8. The highest BCUT2D eigenvalue weighted by Gasteiger charge is 2.35. The van der Waals surface area contributed by atoms with E-state index >= 15 is 0 Å². The van der Waals surface area contributed by atoms with Crippen molar-refractivity contribution in [3.05, 3.63) is 25.3 Å². The van der Waals surface area contributed by atoms with Crippen LogP contribution < -0.4 is 6.15 Å². The Balaban J connectivity index is 0. The number of esters is 2. The van der Waals surface area contributed by atoms with E-state index in [0.29, 0.717) is 0 Å². The van der Waals surface area contributed by atoms with E-state index in [1.54, 1.807) is 0 Å². The van der Waals surface area contributed by atoms with E-state index in [1.165, 1.54) is 12.2 Å². The van der Waals surface area contributed by atoms with Gasteiger partial charge in [-0.15, -0.1) is 0 Å². The minimum atomic E-state index is -4.75. The van der Waals surface area contributed by atoms with Crippen molar-refractivity contribution in [2.45, 2.75) is 11.7 Å². The molecule has 0 aromatic carbocycles. The second-order valence-electron chi connectivity index (χ2n) is 3.10. The predicted molar refractivity (Wildman–Crippen MR) is 67.3 cm³/mol. The van der Waals surface area contributed by atoms with E-state index in [9.17, 15) is 18.0 Å². The summed E-state index contributed by atoms with van der Waals surface area (Å²) in [4.78, 5) is 22.5. The lowest BCUT2D eigenvalue weighted by Crippen LogP contribution is -2.34. The molecule has 1 unspecified atom stereocenters. The molecule has 0 aromatic rings. The molecule has 0 saturated heterocycles. The monoisotopic (exact) mass is 295 g/mol. The van der Waals surface area contributed by atoms with Crippen LogP contribution in [-0.2, 0) is 29.2 Å². The fourth-order valence-electron chi connectivity index (χ4n) is 0.906. The highest BCUT2D eigenvalue weighted by atomic mass is 32.2. The van der Waals surface area contributed by atoms with Gasteiger partial charge in [0.15, 0.2) is 5.25 Å². The van der Waals surface area contributed by atoms with Gasteiger partial charge in [0.2, 0.25) is 0 Å². The minimum absolute atomic E-state index is 0. The third-order valence-corrected chi connectivity index (χ3v) is 2.76. The van der Waals surface area contributed by atoms with Crippen LogP contribution in [-0.4, -0.2) is 43.4 Å². The maximum atomic E-state index is 11.3. The van der Waals surface area contributed by atoms with Gasteiger partial charge < -0.3 is 15.6 Å². The first-order chi connectivity index (χ1) is 8.32. The number of hydrogen-bond acceptors (Lipinski definition) is 7. The van der Waals surface area contributed by atoms with E-state index in [-0.39, 0.29) is 19.4 Å². The molecule has 0 fully saturated rings. The second-order valence-corrected chi connectivity index (χ2v) is 4.70. The Hall–Kier alpha value is -1.71. The maximum absolute atomic E-state index is 11.3. The van der Waals surface area contributed by atoms with Gasteiger partial charge in [-0.3, -0.25) is 14.1 Å². The molecule has 1 atom stereocenters. The molecular weight excluding hydrogens is 278 g/mol. The summed E-state index contributed by atoms with van der Waals surface area (Å²) < 4.78 is 39.7. The van der Waals surface area contributed by atoms with Crippen molar-refractivity contribution in [1.82, 2.24) is 6.15 Å². The van der Waals surface area contributed by atoms with Gasteiger partial charge in [0.05, 0.1) is 6.42 Å². The summed E-state index contributed by atoms with van der Waals surface area (Å²) in [6.45, 7) is 6.20. The zero-order valence-corrected chi connectivity index (χ0v) is 11.1. The second kappa shape index (κ2) is 9.25. The van der Waals surface area contributed by atoms with Crippen LogP contribution in [0.3, 0.4) is 0 Å². The number of ether oxygens (including phenoxy) is 2. The molecule has 0 aliphatic carbocycles. The lowest BCUT2D eigenvalue weighted by molar-refractivity contribution is -0.148. The van der Waals surface area contributed by atoms with Crippen LogP contribution in [0, 0.1) is 0 Å². The Kier molecular flexibility index (Phi) is 9.56. The Labute approximate surface area is 111 Å². The highest BCUT2D eigenvalue weighted by Crippen LogP contribution is 2.08. The molecule has 0 bridgehead atoms. The van der Waals surface area contributed by atoms with E-state index in [0.717, 1.165) is 0 Å². The Bertz CT molecular complexity index is 429. The highest BCUT2D eigenvalue weighted by molar-refractivity contribution is 7.87. The fraction of sp³-hybridized carbons (Fsp3) is 0.400. The van der Waals surface area contributed by atoms with E-state index < -0.39 is 33.7 Å². The van der Waals surface area contributed by atoms with Crippen molar-refractivity contribution in [3.8, 4) is 0 Å². The van der Waals surface area contributed by atoms with Gasteiger partial charge in [-0.1, -0.05) is 25.3 Å². The number of hydrogen-bond donors (Lipinski definition) is 2. The first-order valence-corrected chi connectivity index (χ1v) is 6.33. The third kappa shape index (κ3) is 8.08. The van der Waals surface area contributed by atoms with Crippen LogP contribution in [0.15, 0.2) is 25.3 Å². The molecule has 8 nitrogen and oxygen atoms in total. The zero-order valence-electron chi connectivity index (χ0n) is 10.3. The van der Waals surface area contributed by atoms with Crippen LogP contribution in [0.1, 0.15) is 6.42 Å². The van der Waals surface area contributed by atoms with E-state index in [4.69, 9.17) is 4.55 Å². The maximum Gasteiger partial charge on any atom is 0.327 e. The van der Waals surface area contributed by atoms with Crippen LogP contribution in [0.5, 0.6) is 0 Å². The van der Waals surface area contributed by atoms with Crippen LogP contribution in [0.25, 0.3) is 0 Å². The molecular formula is C10H17NO7S. The third-order valence-electron chi connectivity index (χ3n) is 1.68. The van der Waals surface area contributed by atoms with Gasteiger partial charge >= 0.3 is 11.9 Å². The Morgan fingerprint density at radius 3 is 2.05 bits per heavy atom. The summed E-state index contributed by atoms with van der Waals surface area (Å²) in [7, 11) is -4.75. The largest absolute Gasteiger partial charge is 0.461 e. The van der Waals surface area contributed by atoms with Gasteiger partial charge in [0.25, 0.3) is 10.1 Å². The lowest BCUT2D eigenvalue weighted by atomic mass is 10.3. The SMILES string of the molecule is C=CCOC(=O)CC(C(=O)OCC=C)S(=O)(=O)O.N. The molecule has 0 saturated carbocycles. The van der Waals surface area contributed by atoms with Crippen molar-refractivity contribution in [1.29, 1.82) is 0 Å². The van der Waals surface area contributed by atoms with Gasteiger partial charge in [-0.25, -0.2) is 0 Å². The van der Waals surface area contributed by atoms with Crippen molar-refractivity contribution >= 4 is 22.1 Å². The average molecular weight is 295 g/mol. The summed E-state index contributed by atoms with van der Waals surface area (Å²) in [6.07, 6.45) is 1.66. The standard InChI is InChI=1S/C10H14O7S.H3N/c1-3-5-16-9(11)7-8(18(13,14)15)10(12)17-6-4-2;/h3-4,8H,1-2,5-7H2,(H,13,14,15);1H3. The molecule has 0 heterocycles. The van der Waals surface area contributed by atoms with E-state index in [2.05, 4.69) is 22.6 Å². The zero-order chi connectivity index (χ0) is 14.2. The van der Waals surface area contributed by atoms with Crippen molar-refractivity contribution in [2.75, 3.05) is 13.2 Å². The molecule has 19 heavy (non-hydrogen) atoms. The minimum Gasteiger partial charge on any atom is -0.461 e. The average Bonchev–Trinajstić information content (AvgIpc) is 2.28. The molecule has 0 amide bonds. The van der Waals surface area contributed by atoms with Gasteiger partial charge in [0, 0.05) is 0 Å². The number of carbonyl (C=O) groups excluding carboxylic acids is 2. The first-order valence-electron chi connectivity index (χ1n) is 4.83. The van der Waals surface area contributed by atoms with Gasteiger partial charge in [-0.05, 0) is 0 Å². The summed E-state index contributed by atoms with van der Waals surface area (Å²) in [5, 5.41) is -2.00. The topological polar surface area (TPSA) is 142 Å². The normalized spacial score (nSPS) is 11.6. The van der Waals surface area contributed by atoms with Gasteiger partial charge in [0.1, 0.15) is 13.2 Å². The van der Waals surface area contributed by atoms with Gasteiger partial charge in [-0.2, -0.15) is 8.42 Å². The summed E-state index contributed by atoms with van der Waals surface area (Å²) in [6, 6.07) is 0. The fourth-order valence-corrected chi connectivity index (χ4v) is 1.56. The number of carbonyl (C=O) groups is 2. The van der Waals surface area contributed by atoms with Crippen molar-refractivity contribution < 1.29 is 32.0 Å². The first kappa shape index (κ1) is 19.6. The summed E-state index contributed by atoms with van der Waals surface area (Å²) in [5.74, 6) is -2.21. The van der Waals surface area contributed by atoms with Crippen LogP contribution in [0.2, 0.25) is 0 Å². The molecule has 0 aliphatic heterocycles. The smallest absolute Gasteiger partial charge is 0.327 e. The lowest BCUT2D eigenvalue weighted by Gasteiger charge is -2.11.